The SMILES string of the molecule is CCOc1cccnc1NC(=O)COC. The maximum atomic E-state index is 11.2. The number of nitrogens with zero attached hydrogens (tertiary/aromatic N) is 1. The number of rotatable bonds is 5. The minimum absolute atomic E-state index is 0.00212. The highest BCUT2D eigenvalue weighted by atomic mass is 16.5. The lowest BCUT2D eigenvalue weighted by molar-refractivity contribution is -0.119. The zero-order valence-electron chi connectivity index (χ0n) is 8.82. The predicted octanol–water partition coefficient (Wildman–Crippen LogP) is 1.07. The van der Waals surface area contributed by atoms with Crippen LogP contribution in [-0.2, 0) is 9.53 Å². The maximum Gasteiger partial charge on any atom is 0.251 e. The Bertz CT molecular complexity index is 328. The first-order valence-corrected chi connectivity index (χ1v) is 4.64. The van der Waals surface area contributed by atoms with Crippen LogP contribution in [0.2, 0.25) is 0 Å². The molecule has 5 heteroatoms. The molecule has 1 amide bonds. The minimum atomic E-state index is -0.253. The third-order valence-electron chi connectivity index (χ3n) is 1.60. The number of carbonyl (C=O) groups is 1. The van der Waals surface area contributed by atoms with Crippen molar-refractivity contribution in [1.29, 1.82) is 0 Å². The summed E-state index contributed by atoms with van der Waals surface area (Å²) in [7, 11) is 1.46. The molecule has 0 aliphatic carbocycles. The Morgan fingerprint density at radius 2 is 2.40 bits per heavy atom. The van der Waals surface area contributed by atoms with E-state index in [1.54, 1.807) is 18.3 Å². The fourth-order valence-electron chi connectivity index (χ4n) is 1.06. The largest absolute Gasteiger partial charge is 0.490 e. The van der Waals surface area contributed by atoms with Crippen LogP contribution in [-0.4, -0.2) is 31.2 Å². The van der Waals surface area contributed by atoms with Crippen molar-refractivity contribution in [2.45, 2.75) is 6.92 Å². The van der Waals surface area contributed by atoms with Crippen LogP contribution in [0.25, 0.3) is 0 Å². The number of hydrogen-bond acceptors (Lipinski definition) is 4. The van der Waals surface area contributed by atoms with Crippen LogP contribution in [0.15, 0.2) is 18.3 Å². The van der Waals surface area contributed by atoms with Gasteiger partial charge in [0.05, 0.1) is 6.61 Å². The number of nitrogens with one attached hydrogen (secondary N) is 1. The molecule has 0 saturated heterocycles. The average Bonchev–Trinajstić information content (AvgIpc) is 2.21. The molecular formula is C10H14N2O3. The summed E-state index contributed by atoms with van der Waals surface area (Å²) in [6, 6.07) is 3.50. The van der Waals surface area contributed by atoms with Gasteiger partial charge in [-0.25, -0.2) is 4.98 Å². The lowest BCUT2D eigenvalue weighted by atomic mass is 10.4. The zero-order valence-corrected chi connectivity index (χ0v) is 8.82. The Morgan fingerprint density at radius 1 is 1.60 bits per heavy atom. The molecule has 0 saturated carbocycles. The number of amides is 1. The Kier molecular flexibility index (Phi) is 4.56. The van der Waals surface area contributed by atoms with Gasteiger partial charge in [-0.15, -0.1) is 0 Å². The smallest absolute Gasteiger partial charge is 0.251 e. The Labute approximate surface area is 88.4 Å². The van der Waals surface area contributed by atoms with Crippen LogP contribution in [0.1, 0.15) is 6.92 Å². The third-order valence-corrected chi connectivity index (χ3v) is 1.60. The number of hydrogen-bond donors (Lipinski definition) is 1. The van der Waals surface area contributed by atoms with Gasteiger partial charge in [-0.05, 0) is 19.1 Å². The van der Waals surface area contributed by atoms with Gasteiger partial charge in [-0.1, -0.05) is 0 Å². The lowest BCUT2D eigenvalue weighted by Gasteiger charge is -2.09. The predicted molar refractivity (Wildman–Crippen MR) is 55.9 cm³/mol. The second-order valence-electron chi connectivity index (χ2n) is 2.76. The highest BCUT2D eigenvalue weighted by Gasteiger charge is 2.07. The van der Waals surface area contributed by atoms with Crippen molar-refractivity contribution in [3.05, 3.63) is 18.3 Å². The molecule has 0 aromatic carbocycles. The van der Waals surface area contributed by atoms with E-state index in [1.807, 2.05) is 6.92 Å². The molecule has 0 spiro atoms. The van der Waals surface area contributed by atoms with Gasteiger partial charge in [0.1, 0.15) is 6.61 Å². The van der Waals surface area contributed by atoms with Crippen molar-refractivity contribution in [3.8, 4) is 5.75 Å². The van der Waals surface area contributed by atoms with Crippen LogP contribution in [0.3, 0.4) is 0 Å². The molecule has 1 rings (SSSR count). The molecule has 15 heavy (non-hydrogen) atoms. The molecule has 5 nitrogen and oxygen atoms in total. The van der Waals surface area contributed by atoms with Crippen molar-refractivity contribution in [2.75, 3.05) is 25.6 Å². The van der Waals surface area contributed by atoms with Crippen molar-refractivity contribution >= 4 is 11.7 Å². The van der Waals surface area contributed by atoms with E-state index in [2.05, 4.69) is 10.3 Å². The fraction of sp³-hybridized carbons (Fsp3) is 0.400. The maximum absolute atomic E-state index is 11.2. The molecule has 0 fully saturated rings. The van der Waals surface area contributed by atoms with Gasteiger partial charge < -0.3 is 14.8 Å². The molecule has 0 atom stereocenters. The number of aromatic nitrogens is 1. The molecule has 0 aliphatic rings. The first kappa shape index (κ1) is 11.5. The van der Waals surface area contributed by atoms with E-state index in [0.29, 0.717) is 18.2 Å². The first-order chi connectivity index (χ1) is 7.27. The quantitative estimate of drug-likeness (QED) is 0.789. The molecule has 1 aromatic heterocycles. The summed E-state index contributed by atoms with van der Waals surface area (Å²) < 4.78 is 9.99. The summed E-state index contributed by atoms with van der Waals surface area (Å²) >= 11 is 0. The molecule has 1 aromatic rings. The van der Waals surface area contributed by atoms with E-state index in [4.69, 9.17) is 9.47 Å². The van der Waals surface area contributed by atoms with Crippen LogP contribution >= 0.6 is 0 Å². The standard InChI is InChI=1S/C10H14N2O3/c1-3-15-8-5-4-6-11-10(8)12-9(13)7-14-2/h4-6H,3,7H2,1-2H3,(H,11,12,13). The molecule has 1 N–H and O–H groups in total. The molecule has 1 heterocycles. The van der Waals surface area contributed by atoms with E-state index >= 15 is 0 Å². The molecule has 0 bridgehead atoms. The van der Waals surface area contributed by atoms with Crippen molar-refractivity contribution in [1.82, 2.24) is 4.98 Å². The lowest BCUT2D eigenvalue weighted by Crippen LogP contribution is -2.18. The highest BCUT2D eigenvalue weighted by molar-refractivity contribution is 5.91. The first-order valence-electron chi connectivity index (χ1n) is 4.64. The summed E-state index contributed by atoms with van der Waals surface area (Å²) in [6.45, 7) is 2.40. The highest BCUT2D eigenvalue weighted by Crippen LogP contribution is 2.20. The topological polar surface area (TPSA) is 60.5 Å². The summed E-state index contributed by atoms with van der Waals surface area (Å²) in [5.74, 6) is 0.725. The van der Waals surface area contributed by atoms with E-state index in [-0.39, 0.29) is 12.5 Å². The molecular weight excluding hydrogens is 196 g/mol. The Balaban J connectivity index is 2.70. The van der Waals surface area contributed by atoms with Crippen LogP contribution in [0.5, 0.6) is 5.75 Å². The third kappa shape index (κ3) is 3.55. The molecule has 0 radical (unpaired) electrons. The average molecular weight is 210 g/mol. The number of pyridine rings is 1. The van der Waals surface area contributed by atoms with Crippen molar-refractivity contribution < 1.29 is 14.3 Å². The van der Waals surface area contributed by atoms with Crippen molar-refractivity contribution in [2.24, 2.45) is 0 Å². The Hall–Kier alpha value is -1.62. The number of ether oxygens (including phenoxy) is 2. The van der Waals surface area contributed by atoms with Crippen molar-refractivity contribution in [3.63, 3.8) is 0 Å². The van der Waals surface area contributed by atoms with Gasteiger partial charge in [-0.2, -0.15) is 0 Å². The van der Waals surface area contributed by atoms with Crippen LogP contribution in [0, 0.1) is 0 Å². The zero-order chi connectivity index (χ0) is 11.1. The van der Waals surface area contributed by atoms with Crippen LogP contribution < -0.4 is 10.1 Å². The van der Waals surface area contributed by atoms with Gasteiger partial charge in [-0.3, -0.25) is 4.79 Å². The minimum Gasteiger partial charge on any atom is -0.490 e. The van der Waals surface area contributed by atoms with Gasteiger partial charge in [0.2, 0.25) is 0 Å². The molecule has 82 valence electrons. The summed E-state index contributed by atoms with van der Waals surface area (Å²) in [5.41, 5.74) is 0. The normalized spacial score (nSPS) is 9.73. The number of carbonyl (C=O) groups excluding carboxylic acids is 1. The van der Waals surface area contributed by atoms with E-state index in [9.17, 15) is 4.79 Å². The Morgan fingerprint density at radius 3 is 3.07 bits per heavy atom. The second kappa shape index (κ2) is 5.98. The molecule has 0 aliphatic heterocycles. The van der Waals surface area contributed by atoms with E-state index in [0.717, 1.165) is 0 Å². The van der Waals surface area contributed by atoms with Gasteiger partial charge in [0.15, 0.2) is 11.6 Å². The van der Waals surface area contributed by atoms with E-state index < -0.39 is 0 Å². The second-order valence-corrected chi connectivity index (χ2v) is 2.76. The number of anilines is 1. The summed E-state index contributed by atoms with van der Waals surface area (Å²) in [5, 5.41) is 2.60. The van der Waals surface area contributed by atoms with E-state index in [1.165, 1.54) is 7.11 Å². The van der Waals surface area contributed by atoms with Gasteiger partial charge >= 0.3 is 0 Å². The molecule has 0 unspecified atom stereocenters. The number of methoxy groups -OCH3 is 1. The fourth-order valence-corrected chi connectivity index (χ4v) is 1.06. The summed E-state index contributed by atoms with van der Waals surface area (Å²) in [4.78, 5) is 15.2. The van der Waals surface area contributed by atoms with Crippen LogP contribution in [0.4, 0.5) is 5.82 Å². The van der Waals surface area contributed by atoms with Gasteiger partial charge in [0.25, 0.3) is 5.91 Å². The van der Waals surface area contributed by atoms with Gasteiger partial charge in [0, 0.05) is 13.3 Å². The monoisotopic (exact) mass is 210 g/mol. The summed E-state index contributed by atoms with van der Waals surface area (Å²) in [6.07, 6.45) is 1.59.